The fourth-order valence-corrected chi connectivity index (χ4v) is 8.87. The molecule has 1 aliphatic carbocycles. The van der Waals surface area contributed by atoms with Gasteiger partial charge in [-0.15, -0.1) is 11.3 Å². The van der Waals surface area contributed by atoms with Crippen LogP contribution in [-0.4, -0.2) is 67.0 Å². The van der Waals surface area contributed by atoms with E-state index in [1.807, 2.05) is 34.6 Å². The first-order valence-corrected chi connectivity index (χ1v) is 15.7. The van der Waals surface area contributed by atoms with Gasteiger partial charge in [0.2, 0.25) is 0 Å². The number of ether oxygens (including phenoxy) is 3. The van der Waals surface area contributed by atoms with Crippen molar-refractivity contribution >= 4 is 27.5 Å². The number of aromatic nitrogens is 1. The number of aliphatic hydroxyl groups is 3. The predicted octanol–water partition coefficient (Wildman–Crippen LogP) is 4.97. The van der Waals surface area contributed by atoms with Crippen LogP contribution in [0.2, 0.25) is 0 Å². The van der Waals surface area contributed by atoms with E-state index in [0.29, 0.717) is 34.2 Å². The van der Waals surface area contributed by atoms with Gasteiger partial charge in [-0.3, -0.25) is 4.79 Å². The molecular formula is C31H45NO8S. The van der Waals surface area contributed by atoms with Crippen molar-refractivity contribution in [3.8, 4) is 11.5 Å². The van der Waals surface area contributed by atoms with E-state index in [2.05, 4.69) is 4.98 Å². The van der Waals surface area contributed by atoms with E-state index in [1.54, 1.807) is 19.4 Å². The molecule has 0 spiro atoms. The molecule has 0 bridgehead atoms. The number of esters is 1. The average Bonchev–Trinajstić information content (AvgIpc) is 3.35. The molecule has 228 valence electrons. The van der Waals surface area contributed by atoms with Crippen LogP contribution in [0.4, 0.5) is 0 Å². The zero-order valence-corrected chi connectivity index (χ0v) is 26.1. The van der Waals surface area contributed by atoms with E-state index < -0.39 is 53.1 Å². The molecule has 1 aromatic carbocycles. The maximum absolute atomic E-state index is 12.2. The van der Waals surface area contributed by atoms with Gasteiger partial charge in [-0.25, -0.2) is 4.98 Å². The lowest BCUT2D eigenvalue weighted by Crippen LogP contribution is -2.68. The van der Waals surface area contributed by atoms with E-state index in [1.165, 1.54) is 18.3 Å². The number of benzene rings is 1. The lowest BCUT2D eigenvalue weighted by Gasteiger charge is -2.62. The summed E-state index contributed by atoms with van der Waals surface area (Å²) in [5.41, 5.74) is 0.297. The summed E-state index contributed by atoms with van der Waals surface area (Å²) in [4.78, 5) is 16.7. The number of fused-ring (bicyclic) bond motifs is 6. The first-order chi connectivity index (χ1) is 19.1. The summed E-state index contributed by atoms with van der Waals surface area (Å²) in [7, 11) is 0. The highest BCUT2D eigenvalue weighted by atomic mass is 32.1. The summed E-state index contributed by atoms with van der Waals surface area (Å²) < 4.78 is 19.6. The number of rotatable bonds is 6. The lowest BCUT2D eigenvalue weighted by molar-refractivity contribution is -0.288. The van der Waals surface area contributed by atoms with E-state index in [9.17, 15) is 25.2 Å². The number of phenolic OH excluding ortho intramolecular Hbond substituents is 1. The highest BCUT2D eigenvalue weighted by Crippen LogP contribution is 2.64. The number of thiazole rings is 1. The summed E-state index contributed by atoms with van der Waals surface area (Å²) in [6, 6.07) is 0. The van der Waals surface area contributed by atoms with Gasteiger partial charge in [-0.1, -0.05) is 34.1 Å². The molecule has 3 heterocycles. The summed E-state index contributed by atoms with van der Waals surface area (Å²) in [5.74, 6) is -1.15. The van der Waals surface area contributed by atoms with Gasteiger partial charge in [-0.05, 0) is 39.5 Å². The van der Waals surface area contributed by atoms with Crippen molar-refractivity contribution in [1.29, 1.82) is 0 Å². The molecule has 41 heavy (non-hydrogen) atoms. The van der Waals surface area contributed by atoms with Gasteiger partial charge in [0.1, 0.15) is 11.7 Å². The van der Waals surface area contributed by atoms with Crippen molar-refractivity contribution in [2.24, 2.45) is 17.3 Å². The van der Waals surface area contributed by atoms with Gasteiger partial charge in [0.25, 0.3) is 0 Å². The van der Waals surface area contributed by atoms with Crippen molar-refractivity contribution in [3.63, 3.8) is 0 Å². The van der Waals surface area contributed by atoms with Gasteiger partial charge in [0.15, 0.2) is 11.5 Å². The fourth-order valence-electron chi connectivity index (χ4n) is 7.93. The molecule has 2 aliphatic heterocycles. The van der Waals surface area contributed by atoms with Crippen LogP contribution in [0.25, 0.3) is 10.2 Å². The molecule has 1 saturated carbocycles. The SMILES string of the molecule is CCC(C)C(OC(C)=O)C(C)c1c(O)c2c(c3ncsc13)C(O)C1C(C)(CCC3OC(C(C)(C)O)CC(O)C31C)O2. The second-order valence-corrected chi connectivity index (χ2v) is 14.4. The normalized spacial score (nSPS) is 35.4. The topological polar surface area (TPSA) is 139 Å². The first-order valence-electron chi connectivity index (χ1n) is 14.8. The molecule has 10 heteroatoms. The molecule has 2 fully saturated rings. The number of aliphatic hydroxyl groups excluding tert-OH is 2. The molecular weight excluding hydrogens is 546 g/mol. The third-order valence-corrected chi connectivity index (χ3v) is 11.2. The molecule has 2 aromatic rings. The number of phenols is 1. The molecule has 1 saturated heterocycles. The van der Waals surface area contributed by atoms with Crippen LogP contribution in [0, 0.1) is 17.3 Å². The Labute approximate surface area is 245 Å². The number of hydrogen-bond donors (Lipinski definition) is 4. The molecule has 1 aromatic heterocycles. The first kappa shape index (κ1) is 30.5. The Bertz CT molecular complexity index is 1320. The lowest BCUT2D eigenvalue weighted by atomic mass is 9.52. The number of carbonyl (C=O) groups excluding carboxylic acids is 1. The highest BCUT2D eigenvalue weighted by Gasteiger charge is 2.66. The molecule has 10 atom stereocenters. The Morgan fingerprint density at radius 2 is 1.98 bits per heavy atom. The molecule has 0 amide bonds. The smallest absolute Gasteiger partial charge is 0.302 e. The van der Waals surface area contributed by atoms with Gasteiger partial charge in [0, 0.05) is 36.2 Å². The van der Waals surface area contributed by atoms with Gasteiger partial charge >= 0.3 is 5.97 Å². The maximum Gasteiger partial charge on any atom is 0.302 e. The second kappa shape index (κ2) is 10.3. The van der Waals surface area contributed by atoms with Crippen LogP contribution in [0.5, 0.6) is 11.5 Å². The predicted molar refractivity (Wildman–Crippen MR) is 155 cm³/mol. The van der Waals surface area contributed by atoms with Gasteiger partial charge in [0.05, 0.1) is 51.3 Å². The van der Waals surface area contributed by atoms with Crippen LogP contribution >= 0.6 is 11.3 Å². The third-order valence-electron chi connectivity index (χ3n) is 10.4. The number of hydrogen-bond acceptors (Lipinski definition) is 10. The average molecular weight is 592 g/mol. The molecule has 5 rings (SSSR count). The molecule has 10 unspecified atom stereocenters. The molecule has 0 radical (unpaired) electrons. The number of aromatic hydroxyl groups is 1. The van der Waals surface area contributed by atoms with E-state index in [-0.39, 0.29) is 35.7 Å². The number of nitrogens with zero attached hydrogens (tertiary/aromatic N) is 1. The van der Waals surface area contributed by atoms with Crippen LogP contribution in [-0.2, 0) is 14.3 Å². The van der Waals surface area contributed by atoms with Crippen LogP contribution < -0.4 is 4.74 Å². The third kappa shape index (κ3) is 4.65. The zero-order valence-electron chi connectivity index (χ0n) is 25.3. The van der Waals surface area contributed by atoms with E-state index in [4.69, 9.17) is 14.2 Å². The minimum absolute atomic E-state index is 0.0384. The fraction of sp³-hybridized carbons (Fsp3) is 0.742. The second-order valence-electron chi connectivity index (χ2n) is 13.5. The monoisotopic (exact) mass is 591 g/mol. The Balaban J connectivity index is 1.64. The Hall–Kier alpha value is -1.98. The minimum atomic E-state index is -1.12. The summed E-state index contributed by atoms with van der Waals surface area (Å²) >= 11 is 1.36. The van der Waals surface area contributed by atoms with E-state index in [0.717, 1.165) is 6.42 Å². The Morgan fingerprint density at radius 3 is 2.59 bits per heavy atom. The quantitative estimate of drug-likeness (QED) is 0.343. The minimum Gasteiger partial charge on any atom is -0.504 e. The Morgan fingerprint density at radius 1 is 1.29 bits per heavy atom. The molecule has 9 nitrogen and oxygen atoms in total. The van der Waals surface area contributed by atoms with Crippen molar-refractivity contribution in [2.45, 2.75) is 129 Å². The van der Waals surface area contributed by atoms with Crippen LogP contribution in [0.1, 0.15) is 104 Å². The van der Waals surface area contributed by atoms with E-state index >= 15 is 0 Å². The highest BCUT2D eigenvalue weighted by molar-refractivity contribution is 7.17. The largest absolute Gasteiger partial charge is 0.504 e. The van der Waals surface area contributed by atoms with Crippen LogP contribution in [0.15, 0.2) is 5.51 Å². The molecule has 4 N–H and O–H groups in total. The Kier molecular flexibility index (Phi) is 7.68. The van der Waals surface area contributed by atoms with Crippen LogP contribution in [0.3, 0.4) is 0 Å². The zero-order chi connectivity index (χ0) is 30.2. The van der Waals surface area contributed by atoms with Crippen molar-refractivity contribution in [3.05, 3.63) is 16.6 Å². The van der Waals surface area contributed by atoms with Crippen molar-refractivity contribution in [2.75, 3.05) is 0 Å². The maximum atomic E-state index is 12.2. The van der Waals surface area contributed by atoms with Crippen molar-refractivity contribution in [1.82, 2.24) is 4.98 Å². The molecule has 3 aliphatic rings. The number of carbonyl (C=O) groups is 1. The summed E-state index contributed by atoms with van der Waals surface area (Å²) in [5, 5.41) is 46.3. The standard InChI is InChI=1S/C31H45NO8S/c1-9-14(2)25(38-16(4)33)15(3)20-23(35)26-21(22-27(20)41-13-32-22)24(36)28-30(7,40-26)11-10-18-31(28,8)17(34)12-19(39-18)29(5,6)37/h13-15,17-19,24-25,28,34-37H,9-12H2,1-8H3. The summed E-state index contributed by atoms with van der Waals surface area (Å²) in [6.45, 7) is 14.6. The van der Waals surface area contributed by atoms with Gasteiger partial charge in [-0.2, -0.15) is 0 Å². The van der Waals surface area contributed by atoms with Gasteiger partial charge < -0.3 is 34.6 Å². The summed E-state index contributed by atoms with van der Waals surface area (Å²) in [6.07, 6.45) is -1.30. The van der Waals surface area contributed by atoms with Crippen molar-refractivity contribution < 1.29 is 39.4 Å².